The number of imidazole rings is 1. The van der Waals surface area contributed by atoms with Crippen LogP contribution in [-0.2, 0) is 0 Å². The molecule has 35 heavy (non-hydrogen) atoms. The van der Waals surface area contributed by atoms with Crippen LogP contribution in [0.5, 0.6) is 11.6 Å². The maximum Gasteiger partial charge on any atom is 0.272 e. The van der Waals surface area contributed by atoms with E-state index in [0.29, 0.717) is 53.4 Å². The molecule has 0 unspecified atom stereocenters. The molecule has 0 atom stereocenters. The van der Waals surface area contributed by atoms with Gasteiger partial charge in [-0.2, -0.15) is 5.10 Å². The van der Waals surface area contributed by atoms with Crippen molar-refractivity contribution < 1.29 is 14.3 Å². The number of carbonyl (C=O) groups is 1. The number of hydrogen-bond acceptors (Lipinski definition) is 8. The highest BCUT2D eigenvalue weighted by molar-refractivity contribution is 5.92. The zero-order valence-electron chi connectivity index (χ0n) is 20.4. The molecule has 0 saturated carbocycles. The van der Waals surface area contributed by atoms with Gasteiger partial charge in [0.25, 0.3) is 11.8 Å². The Morgan fingerprint density at radius 2 is 1.83 bits per heavy atom. The lowest BCUT2D eigenvalue weighted by molar-refractivity contribution is 0.0750. The second-order valence-electron chi connectivity index (χ2n) is 7.91. The summed E-state index contributed by atoms with van der Waals surface area (Å²) in [5.41, 5.74) is 2.55. The number of carbonyl (C=O) groups excluding carboxylic acids is 1. The van der Waals surface area contributed by atoms with E-state index in [0.717, 1.165) is 18.4 Å². The minimum absolute atomic E-state index is 0.0674. The van der Waals surface area contributed by atoms with Crippen LogP contribution in [0.3, 0.4) is 0 Å². The van der Waals surface area contributed by atoms with Crippen LogP contribution in [0, 0.1) is 0 Å². The number of rotatable bonds is 10. The Labute approximate surface area is 203 Å². The number of aromatic nitrogens is 5. The Bertz CT molecular complexity index is 1320. The zero-order chi connectivity index (χ0) is 24.8. The number of nitrogens with one attached hydrogen (secondary N) is 1. The second kappa shape index (κ2) is 10.8. The molecule has 4 heterocycles. The predicted molar refractivity (Wildman–Crippen MR) is 133 cm³/mol. The van der Waals surface area contributed by atoms with E-state index in [-0.39, 0.29) is 5.91 Å². The predicted octanol–water partition coefficient (Wildman–Crippen LogP) is 4.21. The molecule has 10 heteroatoms. The number of hydrogen-bond donors (Lipinski definition) is 1. The molecular formula is C25H29N7O3. The van der Waals surface area contributed by atoms with Crippen molar-refractivity contribution in [3.05, 3.63) is 54.5 Å². The Morgan fingerprint density at radius 3 is 2.54 bits per heavy atom. The van der Waals surface area contributed by atoms with Gasteiger partial charge >= 0.3 is 0 Å². The molecule has 0 radical (unpaired) electrons. The van der Waals surface area contributed by atoms with Crippen LogP contribution in [-0.4, -0.2) is 62.7 Å². The molecule has 10 nitrogen and oxygen atoms in total. The van der Waals surface area contributed by atoms with E-state index in [1.165, 1.54) is 0 Å². The summed E-state index contributed by atoms with van der Waals surface area (Å²) in [6.45, 7) is 5.54. The third-order valence-electron chi connectivity index (χ3n) is 5.35. The SMILES string of the molecule is CCCN(CCC)C(=O)c1cccc(Nc2cn3nc(-c4cnc(OC)c(OC)c4)ccc3n2)n1. The molecule has 4 rings (SSSR count). The molecule has 0 fully saturated rings. The molecule has 0 saturated heterocycles. The number of fused-ring (bicyclic) bond motifs is 1. The van der Waals surface area contributed by atoms with E-state index in [2.05, 4.69) is 39.2 Å². The highest BCUT2D eigenvalue weighted by Crippen LogP contribution is 2.29. The molecule has 0 aliphatic carbocycles. The fourth-order valence-electron chi connectivity index (χ4n) is 3.74. The van der Waals surface area contributed by atoms with E-state index in [1.54, 1.807) is 43.3 Å². The second-order valence-corrected chi connectivity index (χ2v) is 7.91. The first kappa shape index (κ1) is 23.9. The van der Waals surface area contributed by atoms with Gasteiger partial charge in [-0.1, -0.05) is 19.9 Å². The van der Waals surface area contributed by atoms with Crippen molar-refractivity contribution in [2.45, 2.75) is 26.7 Å². The number of methoxy groups -OCH3 is 2. The average Bonchev–Trinajstić information content (AvgIpc) is 3.29. The highest BCUT2D eigenvalue weighted by Gasteiger charge is 2.16. The number of pyridine rings is 2. The fourth-order valence-corrected chi connectivity index (χ4v) is 3.74. The van der Waals surface area contributed by atoms with Crippen molar-refractivity contribution in [3.63, 3.8) is 0 Å². The first-order valence-corrected chi connectivity index (χ1v) is 11.5. The van der Waals surface area contributed by atoms with Crippen molar-refractivity contribution in [2.24, 2.45) is 0 Å². The fraction of sp³-hybridized carbons (Fsp3) is 0.320. The van der Waals surface area contributed by atoms with Crippen LogP contribution in [0.2, 0.25) is 0 Å². The molecular weight excluding hydrogens is 446 g/mol. The standard InChI is InChI=1S/C25H29N7O3/c1-5-12-31(13-6-2)25(33)19-8-7-9-21(27-19)28-22-16-32-23(29-22)11-10-18(30-32)17-14-20(34-3)24(35-4)26-15-17/h7-11,14-16H,5-6,12-13H2,1-4H3,(H,27,28). The van der Waals surface area contributed by atoms with Gasteiger partial charge in [-0.25, -0.2) is 19.5 Å². The van der Waals surface area contributed by atoms with Gasteiger partial charge in [-0.05, 0) is 43.2 Å². The van der Waals surface area contributed by atoms with Gasteiger partial charge in [-0.15, -0.1) is 0 Å². The van der Waals surface area contributed by atoms with Crippen LogP contribution in [0.15, 0.2) is 48.8 Å². The van der Waals surface area contributed by atoms with Gasteiger partial charge in [-0.3, -0.25) is 4.79 Å². The number of amides is 1. The Hall–Kier alpha value is -4.21. The van der Waals surface area contributed by atoms with Crippen molar-refractivity contribution >= 4 is 23.2 Å². The van der Waals surface area contributed by atoms with Crippen LogP contribution in [0.25, 0.3) is 16.9 Å². The molecule has 0 spiro atoms. The maximum atomic E-state index is 12.9. The average molecular weight is 476 g/mol. The van der Waals surface area contributed by atoms with E-state index < -0.39 is 0 Å². The van der Waals surface area contributed by atoms with E-state index in [4.69, 9.17) is 9.47 Å². The number of ether oxygens (including phenoxy) is 2. The third-order valence-corrected chi connectivity index (χ3v) is 5.35. The summed E-state index contributed by atoms with van der Waals surface area (Å²) < 4.78 is 12.2. The van der Waals surface area contributed by atoms with Gasteiger partial charge in [0.1, 0.15) is 11.5 Å². The molecule has 0 bridgehead atoms. The van der Waals surface area contributed by atoms with Crippen LogP contribution < -0.4 is 14.8 Å². The minimum atomic E-state index is -0.0674. The zero-order valence-corrected chi connectivity index (χ0v) is 20.4. The van der Waals surface area contributed by atoms with Crippen molar-refractivity contribution in [1.29, 1.82) is 0 Å². The summed E-state index contributed by atoms with van der Waals surface area (Å²) in [6.07, 6.45) is 5.25. The molecule has 1 N–H and O–H groups in total. The van der Waals surface area contributed by atoms with Crippen LogP contribution >= 0.6 is 0 Å². The summed E-state index contributed by atoms with van der Waals surface area (Å²) in [5.74, 6) is 1.97. The summed E-state index contributed by atoms with van der Waals surface area (Å²) >= 11 is 0. The Balaban J connectivity index is 1.56. The smallest absolute Gasteiger partial charge is 0.272 e. The largest absolute Gasteiger partial charge is 0.491 e. The first-order valence-electron chi connectivity index (χ1n) is 11.5. The molecule has 1 amide bonds. The summed E-state index contributed by atoms with van der Waals surface area (Å²) in [5, 5.41) is 7.83. The van der Waals surface area contributed by atoms with E-state index in [9.17, 15) is 4.79 Å². The lowest BCUT2D eigenvalue weighted by Gasteiger charge is -2.21. The summed E-state index contributed by atoms with van der Waals surface area (Å²) in [4.78, 5) is 28.1. The highest BCUT2D eigenvalue weighted by atomic mass is 16.5. The maximum absolute atomic E-state index is 12.9. The van der Waals surface area contributed by atoms with Crippen molar-refractivity contribution in [1.82, 2.24) is 29.5 Å². The lowest BCUT2D eigenvalue weighted by Crippen LogP contribution is -2.33. The lowest BCUT2D eigenvalue weighted by atomic mass is 10.2. The van der Waals surface area contributed by atoms with E-state index in [1.807, 2.05) is 29.2 Å². The Kier molecular flexibility index (Phi) is 7.39. The van der Waals surface area contributed by atoms with Crippen molar-refractivity contribution in [3.8, 4) is 22.9 Å². The molecule has 0 aliphatic rings. The van der Waals surface area contributed by atoms with Gasteiger partial charge in [0.15, 0.2) is 17.2 Å². The van der Waals surface area contributed by atoms with Gasteiger partial charge in [0.05, 0.1) is 26.1 Å². The topological polar surface area (TPSA) is 107 Å². The molecule has 0 aromatic carbocycles. The van der Waals surface area contributed by atoms with Gasteiger partial charge in [0, 0.05) is 24.8 Å². The Morgan fingerprint density at radius 1 is 1.03 bits per heavy atom. The number of nitrogens with zero attached hydrogens (tertiary/aromatic N) is 6. The molecule has 4 aromatic heterocycles. The van der Waals surface area contributed by atoms with Crippen molar-refractivity contribution in [2.75, 3.05) is 32.6 Å². The molecule has 182 valence electrons. The van der Waals surface area contributed by atoms with Gasteiger partial charge < -0.3 is 19.7 Å². The summed E-state index contributed by atoms with van der Waals surface area (Å²) in [6, 6.07) is 10.9. The monoisotopic (exact) mass is 475 g/mol. The first-order chi connectivity index (χ1) is 17.1. The van der Waals surface area contributed by atoms with E-state index >= 15 is 0 Å². The quantitative estimate of drug-likeness (QED) is 0.364. The minimum Gasteiger partial charge on any atom is -0.491 e. The number of anilines is 2. The van der Waals surface area contributed by atoms with Crippen LogP contribution in [0.4, 0.5) is 11.6 Å². The van der Waals surface area contributed by atoms with Gasteiger partial charge in [0.2, 0.25) is 0 Å². The van der Waals surface area contributed by atoms with Crippen LogP contribution in [0.1, 0.15) is 37.2 Å². The molecule has 4 aromatic rings. The third kappa shape index (κ3) is 5.32. The molecule has 0 aliphatic heterocycles. The summed E-state index contributed by atoms with van der Waals surface area (Å²) in [7, 11) is 3.11. The normalized spacial score (nSPS) is 10.9.